The van der Waals surface area contributed by atoms with E-state index in [0.29, 0.717) is 17.5 Å². The average Bonchev–Trinajstić information content (AvgIpc) is 2.49. The number of nitrogens with one attached hydrogen (secondary N) is 1. The largest absolute Gasteiger partial charge is 0.497 e. The molecule has 1 aromatic heterocycles. The third kappa shape index (κ3) is 5.08. The Labute approximate surface area is 126 Å². The van der Waals surface area contributed by atoms with Crippen LogP contribution in [0.25, 0.3) is 0 Å². The minimum atomic E-state index is 0.580. The van der Waals surface area contributed by atoms with Gasteiger partial charge in [0, 0.05) is 24.9 Å². The molecule has 1 heterocycles. The Balaban J connectivity index is 1.92. The molecule has 0 fully saturated rings. The van der Waals surface area contributed by atoms with Crippen LogP contribution >= 0.6 is 0 Å². The molecule has 0 atom stereocenters. The number of rotatable bonds is 7. The van der Waals surface area contributed by atoms with Crippen LogP contribution in [0.4, 0.5) is 0 Å². The number of nitrogens with zero attached hydrogens (tertiary/aromatic N) is 1. The van der Waals surface area contributed by atoms with E-state index in [1.807, 2.05) is 42.6 Å². The molecule has 0 spiro atoms. The smallest absolute Gasteiger partial charge is 0.219 e. The van der Waals surface area contributed by atoms with Gasteiger partial charge in [-0.3, -0.25) is 0 Å². The third-order valence-corrected chi connectivity index (χ3v) is 2.94. The van der Waals surface area contributed by atoms with Gasteiger partial charge in [0.25, 0.3) is 0 Å². The van der Waals surface area contributed by atoms with Crippen LogP contribution in [-0.2, 0) is 6.54 Å². The lowest BCUT2D eigenvalue weighted by Gasteiger charge is -2.09. The highest BCUT2D eigenvalue weighted by Gasteiger charge is 2.01. The normalized spacial score (nSPS) is 10.7. The van der Waals surface area contributed by atoms with Gasteiger partial charge in [-0.25, -0.2) is 4.98 Å². The zero-order valence-electron chi connectivity index (χ0n) is 12.8. The minimum Gasteiger partial charge on any atom is -0.497 e. The summed E-state index contributed by atoms with van der Waals surface area (Å²) < 4.78 is 10.9. The summed E-state index contributed by atoms with van der Waals surface area (Å²) in [6.07, 6.45) is 1.84. The highest BCUT2D eigenvalue weighted by atomic mass is 16.5. The van der Waals surface area contributed by atoms with E-state index in [1.54, 1.807) is 7.11 Å². The zero-order chi connectivity index (χ0) is 15.1. The lowest BCUT2D eigenvalue weighted by Crippen LogP contribution is -2.18. The van der Waals surface area contributed by atoms with Gasteiger partial charge in [0.2, 0.25) is 5.88 Å². The Morgan fingerprint density at radius 1 is 1.14 bits per heavy atom. The fourth-order valence-electron chi connectivity index (χ4n) is 1.87. The maximum Gasteiger partial charge on any atom is 0.219 e. The molecule has 1 aromatic carbocycles. The number of hydrogen-bond acceptors (Lipinski definition) is 4. The Morgan fingerprint density at radius 2 is 1.95 bits per heavy atom. The van der Waals surface area contributed by atoms with Crippen molar-refractivity contribution in [1.29, 1.82) is 0 Å². The van der Waals surface area contributed by atoms with E-state index in [0.717, 1.165) is 24.4 Å². The Kier molecular flexibility index (Phi) is 5.58. The van der Waals surface area contributed by atoms with Gasteiger partial charge in [-0.2, -0.15) is 0 Å². The Hall–Kier alpha value is -2.07. The second-order valence-electron chi connectivity index (χ2n) is 5.31. The van der Waals surface area contributed by atoms with Gasteiger partial charge in [0.05, 0.1) is 7.11 Å². The van der Waals surface area contributed by atoms with Crippen LogP contribution in [-0.4, -0.2) is 18.6 Å². The van der Waals surface area contributed by atoms with Crippen molar-refractivity contribution >= 4 is 0 Å². The first-order valence-corrected chi connectivity index (χ1v) is 7.15. The summed E-state index contributed by atoms with van der Waals surface area (Å²) in [4.78, 5) is 4.32. The van der Waals surface area contributed by atoms with Crippen LogP contribution in [0.5, 0.6) is 17.4 Å². The molecule has 1 N–H and O–H groups in total. The van der Waals surface area contributed by atoms with Crippen LogP contribution < -0.4 is 14.8 Å². The monoisotopic (exact) mass is 286 g/mol. The van der Waals surface area contributed by atoms with Crippen LogP contribution in [0, 0.1) is 5.92 Å². The summed E-state index contributed by atoms with van der Waals surface area (Å²) in [6.45, 7) is 6.21. The standard InChI is InChI=1S/C17H22N2O2/c1-13(2)10-18-11-14-7-8-17(19-12-14)21-16-6-4-5-15(9-16)20-3/h4-9,12-13,18H,10-11H2,1-3H3. The lowest BCUT2D eigenvalue weighted by atomic mass is 10.2. The maximum absolute atomic E-state index is 5.71. The van der Waals surface area contributed by atoms with Gasteiger partial charge in [-0.05, 0) is 30.2 Å². The number of methoxy groups -OCH3 is 1. The fraction of sp³-hybridized carbons (Fsp3) is 0.353. The first-order valence-electron chi connectivity index (χ1n) is 7.15. The van der Waals surface area contributed by atoms with E-state index in [2.05, 4.69) is 24.1 Å². The van der Waals surface area contributed by atoms with Crippen molar-refractivity contribution in [2.24, 2.45) is 5.92 Å². The molecule has 0 saturated carbocycles. The summed E-state index contributed by atoms with van der Waals surface area (Å²) in [5.41, 5.74) is 1.15. The second kappa shape index (κ2) is 7.64. The highest BCUT2D eigenvalue weighted by Crippen LogP contribution is 2.23. The molecule has 112 valence electrons. The maximum atomic E-state index is 5.71. The Bertz CT molecular complexity index is 553. The predicted molar refractivity (Wildman–Crippen MR) is 83.8 cm³/mol. The quantitative estimate of drug-likeness (QED) is 0.844. The highest BCUT2D eigenvalue weighted by molar-refractivity contribution is 5.35. The SMILES string of the molecule is COc1cccc(Oc2ccc(CNCC(C)C)cn2)c1. The topological polar surface area (TPSA) is 43.4 Å². The first kappa shape index (κ1) is 15.3. The molecule has 4 nitrogen and oxygen atoms in total. The second-order valence-corrected chi connectivity index (χ2v) is 5.31. The molecule has 0 saturated heterocycles. The molecule has 0 aliphatic rings. The minimum absolute atomic E-state index is 0.580. The molecular formula is C17H22N2O2. The van der Waals surface area contributed by atoms with Crippen LogP contribution in [0.3, 0.4) is 0 Å². The summed E-state index contributed by atoms with van der Waals surface area (Å²) >= 11 is 0. The van der Waals surface area contributed by atoms with Gasteiger partial charge >= 0.3 is 0 Å². The first-order chi connectivity index (χ1) is 10.2. The molecule has 0 unspecified atom stereocenters. The molecule has 0 bridgehead atoms. The number of hydrogen-bond donors (Lipinski definition) is 1. The number of benzene rings is 1. The molecule has 0 aliphatic carbocycles. The van der Waals surface area contributed by atoms with Gasteiger partial charge in [0.1, 0.15) is 11.5 Å². The molecular weight excluding hydrogens is 264 g/mol. The lowest BCUT2D eigenvalue weighted by molar-refractivity contribution is 0.407. The summed E-state index contributed by atoms with van der Waals surface area (Å²) in [7, 11) is 1.64. The van der Waals surface area contributed by atoms with Crippen molar-refractivity contribution in [2.75, 3.05) is 13.7 Å². The van der Waals surface area contributed by atoms with Crippen LogP contribution in [0.15, 0.2) is 42.6 Å². The predicted octanol–water partition coefficient (Wildman–Crippen LogP) is 3.63. The number of ether oxygens (including phenoxy) is 2. The van der Waals surface area contributed by atoms with Crippen molar-refractivity contribution in [3.05, 3.63) is 48.2 Å². The molecule has 0 radical (unpaired) electrons. The molecule has 2 rings (SSSR count). The van der Waals surface area contributed by atoms with Crippen molar-refractivity contribution in [3.63, 3.8) is 0 Å². The van der Waals surface area contributed by atoms with Crippen molar-refractivity contribution in [2.45, 2.75) is 20.4 Å². The van der Waals surface area contributed by atoms with Crippen molar-refractivity contribution < 1.29 is 9.47 Å². The molecule has 4 heteroatoms. The van der Waals surface area contributed by atoms with E-state index < -0.39 is 0 Å². The van der Waals surface area contributed by atoms with E-state index in [1.165, 1.54) is 0 Å². The molecule has 21 heavy (non-hydrogen) atoms. The third-order valence-electron chi connectivity index (χ3n) is 2.94. The fourth-order valence-corrected chi connectivity index (χ4v) is 1.87. The Morgan fingerprint density at radius 3 is 2.62 bits per heavy atom. The van der Waals surface area contributed by atoms with Crippen LogP contribution in [0.1, 0.15) is 19.4 Å². The summed E-state index contributed by atoms with van der Waals surface area (Å²) in [5.74, 6) is 2.71. The number of pyridine rings is 1. The van der Waals surface area contributed by atoms with Crippen LogP contribution in [0.2, 0.25) is 0 Å². The van der Waals surface area contributed by atoms with E-state index in [-0.39, 0.29) is 0 Å². The van der Waals surface area contributed by atoms with Crippen molar-refractivity contribution in [3.8, 4) is 17.4 Å². The number of aromatic nitrogens is 1. The van der Waals surface area contributed by atoms with E-state index in [9.17, 15) is 0 Å². The van der Waals surface area contributed by atoms with E-state index in [4.69, 9.17) is 9.47 Å². The van der Waals surface area contributed by atoms with Crippen molar-refractivity contribution in [1.82, 2.24) is 10.3 Å². The molecule has 2 aromatic rings. The summed E-state index contributed by atoms with van der Waals surface area (Å²) in [6, 6.07) is 11.4. The van der Waals surface area contributed by atoms with Gasteiger partial charge in [-0.1, -0.05) is 26.0 Å². The average molecular weight is 286 g/mol. The van der Waals surface area contributed by atoms with Gasteiger partial charge < -0.3 is 14.8 Å². The zero-order valence-corrected chi connectivity index (χ0v) is 12.8. The van der Waals surface area contributed by atoms with E-state index >= 15 is 0 Å². The molecule has 0 aliphatic heterocycles. The van der Waals surface area contributed by atoms with Gasteiger partial charge in [0.15, 0.2) is 0 Å². The summed E-state index contributed by atoms with van der Waals surface area (Å²) in [5, 5.41) is 3.39. The van der Waals surface area contributed by atoms with Gasteiger partial charge in [-0.15, -0.1) is 0 Å². The molecule has 0 amide bonds.